The molecule has 0 fully saturated rings. The van der Waals surface area contributed by atoms with Crippen LogP contribution in [0.1, 0.15) is 50.9 Å². The number of aromatic nitrogens is 2. The first kappa shape index (κ1) is 21.9. The summed E-state index contributed by atoms with van der Waals surface area (Å²) >= 11 is 0. The molecular weight excluding hydrogens is 356 g/mol. The minimum Gasteiger partial charge on any atom is -0.492 e. The van der Waals surface area contributed by atoms with Crippen molar-refractivity contribution in [2.24, 2.45) is 0 Å². The molecule has 0 bridgehead atoms. The Kier molecular flexibility index (Phi) is 9.48. The Bertz CT molecular complexity index is 713. The number of aryl methyl sites for hydroxylation is 2. The van der Waals surface area contributed by atoms with Gasteiger partial charge in [-0.1, -0.05) is 44.1 Å². The third-order valence-corrected chi connectivity index (χ3v) is 4.63. The SMILES string of the molecule is CCc1noc(CCCC(=O)NCc2ccccc2OCCN(CC)CC)n1. The third kappa shape index (κ3) is 7.31. The van der Waals surface area contributed by atoms with Crippen molar-refractivity contribution in [3.8, 4) is 5.75 Å². The van der Waals surface area contributed by atoms with E-state index >= 15 is 0 Å². The van der Waals surface area contributed by atoms with Gasteiger partial charge in [0.25, 0.3) is 0 Å². The Morgan fingerprint density at radius 2 is 2.00 bits per heavy atom. The van der Waals surface area contributed by atoms with Gasteiger partial charge in [-0.05, 0) is 25.6 Å². The highest BCUT2D eigenvalue weighted by molar-refractivity contribution is 5.75. The third-order valence-electron chi connectivity index (χ3n) is 4.63. The highest BCUT2D eigenvalue weighted by atomic mass is 16.5. The van der Waals surface area contributed by atoms with Crippen LogP contribution in [-0.2, 0) is 24.2 Å². The van der Waals surface area contributed by atoms with Crippen molar-refractivity contribution < 1.29 is 14.1 Å². The minimum atomic E-state index is 0.00757. The number of likely N-dealkylation sites (N-methyl/N-ethyl adjacent to an activating group) is 1. The molecule has 0 saturated heterocycles. The van der Waals surface area contributed by atoms with Gasteiger partial charge in [-0.3, -0.25) is 4.79 Å². The summed E-state index contributed by atoms with van der Waals surface area (Å²) in [5, 5.41) is 6.83. The molecule has 2 rings (SSSR count). The van der Waals surface area contributed by atoms with Crippen LogP contribution in [0.3, 0.4) is 0 Å². The standard InChI is InChI=1S/C21H32N4O3/c1-4-19-23-21(28-24-19)13-9-12-20(26)22-16-17-10-7-8-11-18(17)27-15-14-25(5-2)6-3/h7-8,10-11H,4-6,9,12-16H2,1-3H3,(H,22,26). The first-order chi connectivity index (χ1) is 13.7. The van der Waals surface area contributed by atoms with E-state index in [1.54, 1.807) is 0 Å². The number of carbonyl (C=O) groups excluding carboxylic acids is 1. The molecule has 1 aromatic heterocycles. The molecule has 0 aliphatic heterocycles. The van der Waals surface area contributed by atoms with Crippen LogP contribution >= 0.6 is 0 Å². The molecule has 0 atom stereocenters. The predicted molar refractivity (Wildman–Crippen MR) is 108 cm³/mol. The van der Waals surface area contributed by atoms with Crippen molar-refractivity contribution in [2.75, 3.05) is 26.2 Å². The van der Waals surface area contributed by atoms with Crippen molar-refractivity contribution >= 4 is 5.91 Å². The number of hydrogen-bond acceptors (Lipinski definition) is 6. The van der Waals surface area contributed by atoms with Crippen LogP contribution < -0.4 is 10.1 Å². The van der Waals surface area contributed by atoms with Gasteiger partial charge in [0.15, 0.2) is 5.82 Å². The molecule has 28 heavy (non-hydrogen) atoms. The summed E-state index contributed by atoms with van der Waals surface area (Å²) in [6.07, 6.45) is 2.47. The average molecular weight is 389 g/mol. The van der Waals surface area contributed by atoms with E-state index < -0.39 is 0 Å². The number of nitrogens with zero attached hydrogens (tertiary/aromatic N) is 3. The highest BCUT2D eigenvalue weighted by Gasteiger charge is 2.09. The first-order valence-electron chi connectivity index (χ1n) is 10.2. The molecule has 2 aromatic rings. The number of para-hydroxylation sites is 1. The van der Waals surface area contributed by atoms with Gasteiger partial charge in [0.2, 0.25) is 11.8 Å². The van der Waals surface area contributed by atoms with Gasteiger partial charge < -0.3 is 19.5 Å². The summed E-state index contributed by atoms with van der Waals surface area (Å²) in [4.78, 5) is 18.7. The molecule has 1 heterocycles. The quantitative estimate of drug-likeness (QED) is 0.568. The minimum absolute atomic E-state index is 0.00757. The Labute approximate surface area is 167 Å². The molecule has 0 aliphatic carbocycles. The summed E-state index contributed by atoms with van der Waals surface area (Å²) in [7, 11) is 0. The van der Waals surface area contributed by atoms with Crippen LogP contribution in [0.4, 0.5) is 0 Å². The molecule has 0 unspecified atom stereocenters. The largest absolute Gasteiger partial charge is 0.492 e. The summed E-state index contributed by atoms with van der Waals surface area (Å²) in [6, 6.07) is 7.84. The van der Waals surface area contributed by atoms with E-state index in [0.29, 0.717) is 44.1 Å². The van der Waals surface area contributed by atoms with E-state index in [1.807, 2.05) is 31.2 Å². The van der Waals surface area contributed by atoms with Gasteiger partial charge in [0.1, 0.15) is 12.4 Å². The van der Waals surface area contributed by atoms with E-state index in [2.05, 4.69) is 34.2 Å². The second-order valence-corrected chi connectivity index (χ2v) is 6.57. The van der Waals surface area contributed by atoms with Crippen LogP contribution in [-0.4, -0.2) is 47.2 Å². The van der Waals surface area contributed by atoms with E-state index in [1.165, 1.54) is 0 Å². The van der Waals surface area contributed by atoms with Gasteiger partial charge in [-0.25, -0.2) is 0 Å². The Morgan fingerprint density at radius 1 is 1.21 bits per heavy atom. The van der Waals surface area contributed by atoms with Gasteiger partial charge in [0.05, 0.1) is 0 Å². The van der Waals surface area contributed by atoms with Crippen molar-refractivity contribution in [1.82, 2.24) is 20.4 Å². The average Bonchev–Trinajstić information content (AvgIpc) is 3.18. The maximum Gasteiger partial charge on any atom is 0.226 e. The lowest BCUT2D eigenvalue weighted by Gasteiger charge is -2.19. The van der Waals surface area contributed by atoms with Crippen molar-refractivity contribution in [3.63, 3.8) is 0 Å². The van der Waals surface area contributed by atoms with Crippen molar-refractivity contribution in [3.05, 3.63) is 41.5 Å². The summed E-state index contributed by atoms with van der Waals surface area (Å²) < 4.78 is 11.1. The zero-order valence-electron chi connectivity index (χ0n) is 17.2. The summed E-state index contributed by atoms with van der Waals surface area (Å²) in [5.74, 6) is 2.13. The molecular formula is C21H32N4O3. The van der Waals surface area contributed by atoms with Crippen LogP contribution in [0.5, 0.6) is 5.75 Å². The molecule has 7 heteroatoms. The Morgan fingerprint density at radius 3 is 2.71 bits per heavy atom. The maximum atomic E-state index is 12.1. The van der Waals surface area contributed by atoms with Crippen LogP contribution in [0.15, 0.2) is 28.8 Å². The number of hydrogen-bond donors (Lipinski definition) is 1. The lowest BCUT2D eigenvalue weighted by Crippen LogP contribution is -2.28. The smallest absolute Gasteiger partial charge is 0.226 e. The van der Waals surface area contributed by atoms with Crippen LogP contribution in [0.25, 0.3) is 0 Å². The lowest BCUT2D eigenvalue weighted by atomic mass is 10.2. The molecule has 0 aliphatic rings. The number of ether oxygens (including phenoxy) is 1. The van der Waals surface area contributed by atoms with Crippen LogP contribution in [0.2, 0.25) is 0 Å². The van der Waals surface area contributed by atoms with Gasteiger partial charge in [-0.2, -0.15) is 4.98 Å². The van der Waals surface area contributed by atoms with Gasteiger partial charge in [-0.15, -0.1) is 0 Å². The fourth-order valence-electron chi connectivity index (χ4n) is 2.83. The second kappa shape index (κ2) is 12.1. The Hall–Kier alpha value is -2.41. The topological polar surface area (TPSA) is 80.5 Å². The summed E-state index contributed by atoms with van der Waals surface area (Å²) in [5.41, 5.74) is 0.986. The van der Waals surface area contributed by atoms with E-state index in [9.17, 15) is 4.79 Å². The van der Waals surface area contributed by atoms with Gasteiger partial charge >= 0.3 is 0 Å². The number of amides is 1. The summed E-state index contributed by atoms with van der Waals surface area (Å²) in [6.45, 7) is 10.3. The molecule has 7 nitrogen and oxygen atoms in total. The Balaban J connectivity index is 1.73. The highest BCUT2D eigenvalue weighted by Crippen LogP contribution is 2.17. The monoisotopic (exact) mass is 388 g/mol. The molecule has 1 amide bonds. The molecule has 0 saturated carbocycles. The number of nitrogens with one attached hydrogen (secondary N) is 1. The maximum absolute atomic E-state index is 12.1. The molecule has 0 radical (unpaired) electrons. The van der Waals surface area contributed by atoms with Gasteiger partial charge in [0, 0.05) is 37.9 Å². The fraction of sp³-hybridized carbons (Fsp3) is 0.571. The zero-order valence-corrected chi connectivity index (χ0v) is 17.2. The second-order valence-electron chi connectivity index (χ2n) is 6.57. The van der Waals surface area contributed by atoms with Crippen LogP contribution in [0, 0.1) is 0 Å². The number of carbonyl (C=O) groups is 1. The molecule has 154 valence electrons. The molecule has 1 aromatic carbocycles. The normalized spacial score (nSPS) is 11.0. The zero-order chi connectivity index (χ0) is 20.2. The predicted octanol–water partition coefficient (Wildman–Crippen LogP) is 2.99. The molecule has 0 spiro atoms. The fourth-order valence-corrected chi connectivity index (χ4v) is 2.83. The number of rotatable bonds is 13. The molecule has 1 N–H and O–H groups in total. The van der Waals surface area contributed by atoms with Crippen molar-refractivity contribution in [2.45, 2.75) is 53.0 Å². The van der Waals surface area contributed by atoms with Crippen molar-refractivity contribution in [1.29, 1.82) is 0 Å². The van der Waals surface area contributed by atoms with E-state index in [-0.39, 0.29) is 5.91 Å². The van der Waals surface area contributed by atoms with E-state index in [0.717, 1.165) is 37.4 Å². The van der Waals surface area contributed by atoms with E-state index in [4.69, 9.17) is 9.26 Å². The lowest BCUT2D eigenvalue weighted by molar-refractivity contribution is -0.121. The first-order valence-corrected chi connectivity index (χ1v) is 10.2. The number of benzene rings is 1.